The Balaban J connectivity index is 1.84. The minimum atomic E-state index is 0.220. The summed E-state index contributed by atoms with van der Waals surface area (Å²) in [6.07, 6.45) is 0. The molecule has 2 aromatic carbocycles. The smallest absolute Gasteiger partial charge is 0.203 e. The second-order valence-corrected chi connectivity index (χ2v) is 5.55. The van der Waals surface area contributed by atoms with E-state index in [0.717, 1.165) is 29.4 Å². The molecule has 1 saturated heterocycles. The van der Waals surface area contributed by atoms with Crippen LogP contribution in [0, 0.1) is 5.41 Å². The number of nitrogens with one attached hydrogen (secondary N) is 1. The highest BCUT2D eigenvalue weighted by Gasteiger charge is 2.33. The molecule has 5 heteroatoms. The number of ether oxygens (including phenoxy) is 2. The van der Waals surface area contributed by atoms with Gasteiger partial charge in [0, 0.05) is 17.9 Å². The summed E-state index contributed by atoms with van der Waals surface area (Å²) in [7, 11) is 3.31. The third kappa shape index (κ3) is 2.82. The zero-order valence-electron chi connectivity index (χ0n) is 13.6. The van der Waals surface area contributed by atoms with Crippen molar-refractivity contribution in [1.29, 1.82) is 5.41 Å². The van der Waals surface area contributed by atoms with Crippen molar-refractivity contribution in [3.05, 3.63) is 48.5 Å². The molecule has 120 valence electrons. The molecular formula is C18H21N3O2. The molecule has 0 amide bonds. The Hall–Kier alpha value is -2.69. The second kappa shape index (κ2) is 6.20. The summed E-state index contributed by atoms with van der Waals surface area (Å²) >= 11 is 0. The lowest BCUT2D eigenvalue weighted by molar-refractivity contribution is 0.414. The van der Waals surface area contributed by atoms with Crippen LogP contribution in [-0.2, 0) is 0 Å². The number of anilines is 2. The van der Waals surface area contributed by atoms with E-state index in [1.807, 2.05) is 58.3 Å². The molecule has 0 radical (unpaired) electrons. The molecule has 2 aromatic rings. The number of methoxy groups -OCH3 is 2. The first-order valence-corrected chi connectivity index (χ1v) is 7.57. The Morgan fingerprint density at radius 1 is 0.870 bits per heavy atom. The van der Waals surface area contributed by atoms with Crippen molar-refractivity contribution in [1.82, 2.24) is 0 Å². The van der Waals surface area contributed by atoms with E-state index in [2.05, 4.69) is 6.92 Å². The molecule has 1 aliphatic heterocycles. The molecule has 0 spiro atoms. The van der Waals surface area contributed by atoms with Gasteiger partial charge in [0.05, 0.1) is 20.3 Å². The van der Waals surface area contributed by atoms with Gasteiger partial charge in [0.1, 0.15) is 11.5 Å². The highest BCUT2D eigenvalue weighted by molar-refractivity contribution is 6.08. The normalized spacial score (nSPS) is 17.5. The SMILES string of the molecule is COc1ccc(N2CC(C)N(c3ccc(OC)cc3)C2=N)cc1. The number of hydrogen-bond acceptors (Lipinski definition) is 3. The summed E-state index contributed by atoms with van der Waals surface area (Å²) < 4.78 is 10.4. The van der Waals surface area contributed by atoms with E-state index < -0.39 is 0 Å². The van der Waals surface area contributed by atoms with Gasteiger partial charge >= 0.3 is 0 Å². The molecule has 5 nitrogen and oxygen atoms in total. The van der Waals surface area contributed by atoms with Crippen molar-refractivity contribution in [2.24, 2.45) is 0 Å². The van der Waals surface area contributed by atoms with Crippen molar-refractivity contribution in [2.75, 3.05) is 30.6 Å². The lowest BCUT2D eigenvalue weighted by atomic mass is 10.2. The van der Waals surface area contributed by atoms with Gasteiger partial charge in [-0.05, 0) is 55.5 Å². The number of guanidine groups is 1. The first-order chi connectivity index (χ1) is 11.1. The lowest BCUT2D eigenvalue weighted by Gasteiger charge is -2.24. The van der Waals surface area contributed by atoms with Gasteiger partial charge in [0.2, 0.25) is 5.96 Å². The Bertz CT molecular complexity index is 682. The van der Waals surface area contributed by atoms with Crippen molar-refractivity contribution in [3.63, 3.8) is 0 Å². The van der Waals surface area contributed by atoms with Crippen LogP contribution >= 0.6 is 0 Å². The highest BCUT2D eigenvalue weighted by Crippen LogP contribution is 2.30. The molecule has 0 aromatic heterocycles. The van der Waals surface area contributed by atoms with Crippen LogP contribution in [0.15, 0.2) is 48.5 Å². The Morgan fingerprint density at radius 3 is 1.83 bits per heavy atom. The lowest BCUT2D eigenvalue weighted by Crippen LogP contribution is -2.34. The number of benzene rings is 2. The van der Waals surface area contributed by atoms with E-state index >= 15 is 0 Å². The number of hydrogen-bond donors (Lipinski definition) is 1. The van der Waals surface area contributed by atoms with Gasteiger partial charge in [-0.2, -0.15) is 0 Å². The Morgan fingerprint density at radius 2 is 1.35 bits per heavy atom. The van der Waals surface area contributed by atoms with Crippen molar-refractivity contribution in [2.45, 2.75) is 13.0 Å². The molecule has 1 fully saturated rings. The minimum Gasteiger partial charge on any atom is -0.497 e. The molecule has 0 bridgehead atoms. The standard InChI is InChI=1S/C18H21N3O2/c1-13-12-20(14-4-8-16(22-2)9-5-14)18(19)21(13)15-6-10-17(23-3)11-7-15/h4-11,13,19H,12H2,1-3H3. The zero-order chi connectivity index (χ0) is 16.4. The molecule has 3 rings (SSSR count). The number of rotatable bonds is 4. The maximum atomic E-state index is 8.55. The fourth-order valence-corrected chi connectivity index (χ4v) is 2.88. The van der Waals surface area contributed by atoms with Gasteiger partial charge in [0.15, 0.2) is 0 Å². The predicted molar refractivity (Wildman–Crippen MR) is 93.0 cm³/mol. The summed E-state index contributed by atoms with van der Waals surface area (Å²) in [6.45, 7) is 2.90. The van der Waals surface area contributed by atoms with Gasteiger partial charge in [0.25, 0.3) is 0 Å². The van der Waals surface area contributed by atoms with Crippen LogP contribution in [0.5, 0.6) is 11.5 Å². The Kier molecular flexibility index (Phi) is 4.10. The fraction of sp³-hybridized carbons (Fsp3) is 0.278. The van der Waals surface area contributed by atoms with E-state index in [-0.39, 0.29) is 6.04 Å². The maximum absolute atomic E-state index is 8.55. The van der Waals surface area contributed by atoms with Gasteiger partial charge in [-0.1, -0.05) is 0 Å². The molecule has 1 N–H and O–H groups in total. The van der Waals surface area contributed by atoms with Crippen molar-refractivity contribution in [3.8, 4) is 11.5 Å². The average Bonchev–Trinajstić information content (AvgIpc) is 2.89. The van der Waals surface area contributed by atoms with Crippen molar-refractivity contribution < 1.29 is 9.47 Å². The largest absolute Gasteiger partial charge is 0.497 e. The van der Waals surface area contributed by atoms with E-state index in [4.69, 9.17) is 14.9 Å². The summed E-state index contributed by atoms with van der Waals surface area (Å²) in [4.78, 5) is 4.04. The van der Waals surface area contributed by atoms with Crippen LogP contribution in [0.1, 0.15) is 6.92 Å². The van der Waals surface area contributed by atoms with E-state index in [0.29, 0.717) is 5.96 Å². The summed E-state index contributed by atoms with van der Waals surface area (Å²) in [5.41, 5.74) is 2.00. The first-order valence-electron chi connectivity index (χ1n) is 7.57. The Labute approximate surface area is 136 Å². The van der Waals surface area contributed by atoms with Crippen LogP contribution in [0.25, 0.3) is 0 Å². The average molecular weight is 311 g/mol. The zero-order valence-corrected chi connectivity index (χ0v) is 13.6. The van der Waals surface area contributed by atoms with Gasteiger partial charge in [-0.3, -0.25) is 5.41 Å². The molecule has 0 aliphatic carbocycles. The van der Waals surface area contributed by atoms with Gasteiger partial charge < -0.3 is 19.3 Å². The molecule has 0 saturated carbocycles. The molecule has 1 unspecified atom stereocenters. The molecular weight excluding hydrogens is 290 g/mol. The van der Waals surface area contributed by atoms with Crippen LogP contribution in [0.3, 0.4) is 0 Å². The summed E-state index contributed by atoms with van der Waals surface area (Å²) in [6, 6.07) is 15.8. The summed E-state index contributed by atoms with van der Waals surface area (Å²) in [5, 5.41) is 8.55. The van der Waals surface area contributed by atoms with E-state index in [9.17, 15) is 0 Å². The molecule has 1 aliphatic rings. The molecule has 23 heavy (non-hydrogen) atoms. The van der Waals surface area contributed by atoms with Gasteiger partial charge in [-0.25, -0.2) is 0 Å². The summed E-state index contributed by atoms with van der Waals surface area (Å²) in [5.74, 6) is 2.12. The third-order valence-corrected chi connectivity index (χ3v) is 4.11. The van der Waals surface area contributed by atoms with Crippen molar-refractivity contribution >= 4 is 17.3 Å². The maximum Gasteiger partial charge on any atom is 0.203 e. The topological polar surface area (TPSA) is 48.8 Å². The van der Waals surface area contributed by atoms with Crippen LogP contribution in [0.4, 0.5) is 11.4 Å². The second-order valence-electron chi connectivity index (χ2n) is 5.55. The molecule has 1 heterocycles. The monoisotopic (exact) mass is 311 g/mol. The minimum absolute atomic E-state index is 0.220. The quantitative estimate of drug-likeness (QED) is 0.940. The number of nitrogens with zero attached hydrogens (tertiary/aromatic N) is 2. The van der Waals surface area contributed by atoms with E-state index in [1.165, 1.54) is 0 Å². The molecule has 1 atom stereocenters. The predicted octanol–water partition coefficient (Wildman–Crippen LogP) is 3.35. The van der Waals surface area contributed by atoms with E-state index in [1.54, 1.807) is 14.2 Å². The van der Waals surface area contributed by atoms with Crippen LogP contribution in [0.2, 0.25) is 0 Å². The highest BCUT2D eigenvalue weighted by atomic mass is 16.5. The fourth-order valence-electron chi connectivity index (χ4n) is 2.88. The van der Waals surface area contributed by atoms with Crippen LogP contribution in [-0.4, -0.2) is 32.8 Å². The van der Waals surface area contributed by atoms with Gasteiger partial charge in [-0.15, -0.1) is 0 Å². The van der Waals surface area contributed by atoms with Crippen LogP contribution < -0.4 is 19.3 Å². The third-order valence-electron chi connectivity index (χ3n) is 4.11. The first kappa shape index (κ1) is 15.2.